The Morgan fingerprint density at radius 1 is 0.824 bits per heavy atom. The van der Waals surface area contributed by atoms with Gasteiger partial charge >= 0.3 is 0 Å². The van der Waals surface area contributed by atoms with Gasteiger partial charge in [-0.1, -0.05) is 75.1 Å². The third-order valence-corrected chi connectivity index (χ3v) is 5.65. The van der Waals surface area contributed by atoms with Crippen LogP contribution in [-0.2, 0) is 6.54 Å². The molecule has 2 amide bonds. The molecule has 0 spiro atoms. The van der Waals surface area contributed by atoms with Crippen LogP contribution in [-0.4, -0.2) is 30.4 Å². The quantitative estimate of drug-likeness (QED) is 0.313. The van der Waals surface area contributed by atoms with Gasteiger partial charge in [-0.15, -0.1) is 0 Å². The number of hydrogen-bond donors (Lipinski definition) is 1. The summed E-state index contributed by atoms with van der Waals surface area (Å²) < 4.78 is 5.78. The fourth-order valence-electron chi connectivity index (χ4n) is 3.71. The van der Waals surface area contributed by atoms with Crippen LogP contribution in [0.4, 0.5) is 5.69 Å². The molecule has 0 radical (unpaired) electrons. The second-order valence-corrected chi connectivity index (χ2v) is 8.43. The molecule has 0 saturated heterocycles. The van der Waals surface area contributed by atoms with Crippen molar-refractivity contribution in [1.82, 2.24) is 4.90 Å². The van der Waals surface area contributed by atoms with Crippen LogP contribution in [0.2, 0.25) is 0 Å². The van der Waals surface area contributed by atoms with Crippen LogP contribution < -0.4 is 10.1 Å². The Labute approximate surface area is 202 Å². The number of unbranched alkanes of at least 4 members (excludes halogenated alkanes) is 4. The third kappa shape index (κ3) is 7.48. The van der Waals surface area contributed by atoms with Gasteiger partial charge in [0.05, 0.1) is 17.9 Å². The second kappa shape index (κ2) is 13.2. The van der Waals surface area contributed by atoms with Crippen LogP contribution in [0.1, 0.15) is 65.3 Å². The van der Waals surface area contributed by atoms with Crippen molar-refractivity contribution in [3.05, 3.63) is 95.6 Å². The first-order valence-electron chi connectivity index (χ1n) is 12.0. The number of anilines is 1. The first kappa shape index (κ1) is 25.0. The van der Waals surface area contributed by atoms with Gasteiger partial charge in [-0.3, -0.25) is 9.59 Å². The molecule has 0 unspecified atom stereocenters. The summed E-state index contributed by atoms with van der Waals surface area (Å²) in [7, 11) is 1.76. The number of nitrogens with zero attached hydrogens (tertiary/aromatic N) is 1. The van der Waals surface area contributed by atoms with E-state index < -0.39 is 0 Å². The molecule has 0 aliphatic rings. The molecule has 0 bridgehead atoms. The van der Waals surface area contributed by atoms with E-state index in [1.54, 1.807) is 48.3 Å². The molecule has 0 fully saturated rings. The zero-order valence-corrected chi connectivity index (χ0v) is 20.1. The van der Waals surface area contributed by atoms with Crippen LogP contribution >= 0.6 is 0 Å². The van der Waals surface area contributed by atoms with Crippen molar-refractivity contribution in [2.45, 2.75) is 45.6 Å². The van der Waals surface area contributed by atoms with Gasteiger partial charge in [-0.25, -0.2) is 0 Å². The number of hydrogen-bond acceptors (Lipinski definition) is 3. The molecule has 0 aromatic heterocycles. The molecule has 178 valence electrons. The van der Waals surface area contributed by atoms with Crippen LogP contribution in [0.3, 0.4) is 0 Å². The maximum atomic E-state index is 13.1. The highest BCUT2D eigenvalue weighted by atomic mass is 16.5. The maximum Gasteiger partial charge on any atom is 0.256 e. The molecule has 5 heteroatoms. The van der Waals surface area contributed by atoms with Gasteiger partial charge in [0, 0.05) is 19.2 Å². The number of ether oxygens (including phenoxy) is 1. The molecule has 0 heterocycles. The normalized spacial score (nSPS) is 10.5. The van der Waals surface area contributed by atoms with Crippen LogP contribution in [0.25, 0.3) is 0 Å². The number of para-hydroxylation sites is 1. The number of rotatable bonds is 12. The first-order valence-corrected chi connectivity index (χ1v) is 12.0. The number of carbonyl (C=O) groups is 2. The molecule has 5 nitrogen and oxygen atoms in total. The predicted octanol–water partition coefficient (Wildman–Crippen LogP) is 6.56. The van der Waals surface area contributed by atoms with E-state index in [4.69, 9.17) is 4.74 Å². The number of benzene rings is 3. The molecule has 34 heavy (non-hydrogen) atoms. The summed E-state index contributed by atoms with van der Waals surface area (Å²) in [6.45, 7) is 3.37. The molecule has 3 rings (SSSR count). The summed E-state index contributed by atoms with van der Waals surface area (Å²) in [5.41, 5.74) is 2.50. The summed E-state index contributed by atoms with van der Waals surface area (Å²) in [6.07, 6.45) is 5.94. The average molecular weight is 459 g/mol. The van der Waals surface area contributed by atoms with E-state index in [0.29, 0.717) is 30.0 Å². The largest absolute Gasteiger partial charge is 0.494 e. The molecule has 0 saturated carbocycles. The average Bonchev–Trinajstić information content (AvgIpc) is 2.87. The minimum Gasteiger partial charge on any atom is -0.494 e. The monoisotopic (exact) mass is 458 g/mol. The van der Waals surface area contributed by atoms with Crippen molar-refractivity contribution in [1.29, 1.82) is 0 Å². The molecule has 3 aromatic rings. The van der Waals surface area contributed by atoms with Gasteiger partial charge in [0.2, 0.25) is 0 Å². The number of amides is 2. The van der Waals surface area contributed by atoms with Gasteiger partial charge < -0.3 is 15.0 Å². The predicted molar refractivity (Wildman–Crippen MR) is 137 cm³/mol. The van der Waals surface area contributed by atoms with E-state index in [1.807, 2.05) is 42.5 Å². The van der Waals surface area contributed by atoms with E-state index in [2.05, 4.69) is 12.2 Å². The SMILES string of the molecule is CCCCCCCOc1ccc(C(=O)Nc2ccccc2C(=O)N(C)Cc2ccccc2)cc1. The standard InChI is InChI=1S/C29H34N2O3/c1-3-4-5-6-12-21-34-25-19-17-24(18-20-25)28(32)30-27-16-11-10-15-26(27)29(33)31(2)22-23-13-8-7-9-14-23/h7-11,13-20H,3-6,12,21-22H2,1-2H3,(H,30,32). The fourth-order valence-corrected chi connectivity index (χ4v) is 3.71. The Morgan fingerprint density at radius 2 is 1.50 bits per heavy atom. The van der Waals surface area contributed by atoms with E-state index in [0.717, 1.165) is 17.7 Å². The Morgan fingerprint density at radius 3 is 2.24 bits per heavy atom. The molecule has 3 aromatic carbocycles. The van der Waals surface area contributed by atoms with Crippen molar-refractivity contribution in [3.8, 4) is 5.75 Å². The lowest BCUT2D eigenvalue weighted by atomic mass is 10.1. The van der Waals surface area contributed by atoms with Gasteiger partial charge in [-0.2, -0.15) is 0 Å². The van der Waals surface area contributed by atoms with Crippen LogP contribution in [0.15, 0.2) is 78.9 Å². The summed E-state index contributed by atoms with van der Waals surface area (Å²) in [4.78, 5) is 27.6. The molecule has 0 aliphatic heterocycles. The Hall–Kier alpha value is -3.60. The molecule has 1 N–H and O–H groups in total. The van der Waals surface area contributed by atoms with E-state index in [9.17, 15) is 9.59 Å². The number of nitrogens with one attached hydrogen (secondary N) is 1. The van der Waals surface area contributed by atoms with Gasteiger partial charge in [-0.05, 0) is 48.4 Å². The highest BCUT2D eigenvalue weighted by Gasteiger charge is 2.17. The number of carbonyl (C=O) groups excluding carboxylic acids is 2. The van der Waals surface area contributed by atoms with Gasteiger partial charge in [0.1, 0.15) is 5.75 Å². The Kier molecular flexibility index (Phi) is 9.71. The van der Waals surface area contributed by atoms with E-state index in [1.165, 1.54) is 25.7 Å². The molecule has 0 aliphatic carbocycles. The highest BCUT2D eigenvalue weighted by molar-refractivity contribution is 6.09. The van der Waals surface area contributed by atoms with E-state index in [-0.39, 0.29) is 11.8 Å². The molecule has 0 atom stereocenters. The first-order chi connectivity index (χ1) is 16.6. The maximum absolute atomic E-state index is 13.1. The second-order valence-electron chi connectivity index (χ2n) is 8.43. The smallest absolute Gasteiger partial charge is 0.256 e. The third-order valence-electron chi connectivity index (χ3n) is 5.65. The molecular weight excluding hydrogens is 424 g/mol. The minimum atomic E-state index is -0.267. The fraction of sp³-hybridized carbons (Fsp3) is 0.310. The summed E-state index contributed by atoms with van der Waals surface area (Å²) in [6, 6.07) is 24.0. The summed E-state index contributed by atoms with van der Waals surface area (Å²) in [5, 5.41) is 2.89. The topological polar surface area (TPSA) is 58.6 Å². The van der Waals surface area contributed by atoms with Crippen molar-refractivity contribution >= 4 is 17.5 Å². The lowest BCUT2D eigenvalue weighted by Gasteiger charge is -2.19. The zero-order chi connectivity index (χ0) is 24.2. The highest BCUT2D eigenvalue weighted by Crippen LogP contribution is 2.20. The lowest BCUT2D eigenvalue weighted by Crippen LogP contribution is -2.27. The van der Waals surface area contributed by atoms with Crippen LogP contribution in [0.5, 0.6) is 5.75 Å². The van der Waals surface area contributed by atoms with Gasteiger partial charge in [0.15, 0.2) is 0 Å². The van der Waals surface area contributed by atoms with Gasteiger partial charge in [0.25, 0.3) is 11.8 Å². The van der Waals surface area contributed by atoms with Crippen molar-refractivity contribution < 1.29 is 14.3 Å². The van der Waals surface area contributed by atoms with E-state index >= 15 is 0 Å². The molecular formula is C29H34N2O3. The summed E-state index contributed by atoms with van der Waals surface area (Å²) in [5.74, 6) is 0.338. The van der Waals surface area contributed by atoms with Crippen LogP contribution in [0, 0.1) is 0 Å². The Balaban J connectivity index is 1.58. The van der Waals surface area contributed by atoms with Crippen molar-refractivity contribution in [3.63, 3.8) is 0 Å². The lowest BCUT2D eigenvalue weighted by molar-refractivity contribution is 0.0786. The minimum absolute atomic E-state index is 0.151. The summed E-state index contributed by atoms with van der Waals surface area (Å²) >= 11 is 0. The Bertz CT molecular complexity index is 1050. The van der Waals surface area contributed by atoms with Crippen molar-refractivity contribution in [2.75, 3.05) is 19.0 Å². The van der Waals surface area contributed by atoms with Crippen molar-refractivity contribution in [2.24, 2.45) is 0 Å². The zero-order valence-electron chi connectivity index (χ0n) is 20.1.